The lowest BCUT2D eigenvalue weighted by molar-refractivity contribution is -0.122. The van der Waals surface area contributed by atoms with Crippen LogP contribution in [0.4, 0.5) is 0 Å². The van der Waals surface area contributed by atoms with Gasteiger partial charge in [-0.05, 0) is 42.4 Å². The van der Waals surface area contributed by atoms with Crippen molar-refractivity contribution < 1.29 is 4.79 Å². The van der Waals surface area contributed by atoms with Crippen molar-refractivity contribution in [3.05, 3.63) is 47.0 Å². The van der Waals surface area contributed by atoms with Gasteiger partial charge in [0.15, 0.2) is 0 Å². The second-order valence-corrected chi connectivity index (χ2v) is 6.21. The van der Waals surface area contributed by atoms with E-state index in [2.05, 4.69) is 15.4 Å². The molecule has 0 aromatic carbocycles. The SMILES string of the molecule is Cn1cc(CCC(=O)NC(c2ccc(Cl)nc2)C2CC2)cn1. The highest BCUT2D eigenvalue weighted by molar-refractivity contribution is 6.29. The molecule has 0 saturated heterocycles. The monoisotopic (exact) mass is 318 g/mol. The van der Waals surface area contributed by atoms with Crippen molar-refractivity contribution in [3.63, 3.8) is 0 Å². The highest BCUT2D eigenvalue weighted by atomic mass is 35.5. The molecule has 1 unspecified atom stereocenters. The van der Waals surface area contributed by atoms with Gasteiger partial charge in [0.2, 0.25) is 5.91 Å². The fraction of sp³-hybridized carbons (Fsp3) is 0.438. The smallest absolute Gasteiger partial charge is 0.220 e. The highest BCUT2D eigenvalue weighted by Gasteiger charge is 2.33. The molecule has 1 fully saturated rings. The Morgan fingerprint density at radius 2 is 2.27 bits per heavy atom. The molecule has 3 rings (SSSR count). The molecule has 22 heavy (non-hydrogen) atoms. The summed E-state index contributed by atoms with van der Waals surface area (Å²) in [6.07, 6.45) is 8.97. The van der Waals surface area contributed by atoms with Crippen molar-refractivity contribution in [1.29, 1.82) is 0 Å². The van der Waals surface area contributed by atoms with E-state index < -0.39 is 0 Å². The molecule has 5 nitrogen and oxygen atoms in total. The first-order valence-corrected chi connectivity index (χ1v) is 7.88. The summed E-state index contributed by atoms with van der Waals surface area (Å²) in [7, 11) is 1.88. The molecule has 1 aliphatic carbocycles. The summed E-state index contributed by atoms with van der Waals surface area (Å²) in [5.74, 6) is 0.584. The molecule has 2 aromatic heterocycles. The minimum Gasteiger partial charge on any atom is -0.349 e. The van der Waals surface area contributed by atoms with Crippen LogP contribution in [-0.2, 0) is 18.3 Å². The van der Waals surface area contributed by atoms with E-state index in [0.717, 1.165) is 24.0 Å². The molecular formula is C16H19ClN4O. The van der Waals surface area contributed by atoms with Gasteiger partial charge >= 0.3 is 0 Å². The third-order valence-corrected chi connectivity index (χ3v) is 4.14. The Labute approximate surface area is 134 Å². The van der Waals surface area contributed by atoms with Gasteiger partial charge in [0.25, 0.3) is 0 Å². The van der Waals surface area contributed by atoms with Gasteiger partial charge in [-0.1, -0.05) is 17.7 Å². The first-order chi connectivity index (χ1) is 10.6. The number of rotatable bonds is 6. The van der Waals surface area contributed by atoms with E-state index >= 15 is 0 Å². The largest absolute Gasteiger partial charge is 0.349 e. The number of aryl methyl sites for hydroxylation is 2. The van der Waals surface area contributed by atoms with Crippen LogP contribution < -0.4 is 5.32 Å². The number of nitrogens with zero attached hydrogens (tertiary/aromatic N) is 3. The average molecular weight is 319 g/mol. The average Bonchev–Trinajstić information content (AvgIpc) is 3.26. The number of pyridine rings is 1. The predicted molar refractivity (Wildman–Crippen MR) is 84.4 cm³/mol. The van der Waals surface area contributed by atoms with Gasteiger partial charge in [-0.2, -0.15) is 5.10 Å². The first-order valence-electron chi connectivity index (χ1n) is 7.50. The second kappa shape index (κ2) is 6.48. The maximum atomic E-state index is 12.2. The fourth-order valence-electron chi connectivity index (χ4n) is 2.58. The standard InChI is InChI=1S/C16H19ClN4O/c1-21-10-11(8-19-21)2-7-15(22)20-16(12-3-4-12)13-5-6-14(17)18-9-13/h5-6,8-10,12,16H,2-4,7H2,1H3,(H,20,22). The molecule has 2 aromatic rings. The molecule has 1 atom stereocenters. The van der Waals surface area contributed by atoms with Crippen LogP contribution in [0, 0.1) is 5.92 Å². The van der Waals surface area contributed by atoms with Crippen LogP contribution in [0.1, 0.15) is 36.4 Å². The topological polar surface area (TPSA) is 59.8 Å². The minimum atomic E-state index is 0.0474. The van der Waals surface area contributed by atoms with Gasteiger partial charge in [-0.3, -0.25) is 9.48 Å². The van der Waals surface area contributed by atoms with Crippen molar-refractivity contribution in [2.75, 3.05) is 0 Å². The summed E-state index contributed by atoms with van der Waals surface area (Å²) >= 11 is 5.83. The third kappa shape index (κ3) is 3.85. The zero-order valence-corrected chi connectivity index (χ0v) is 13.3. The normalized spacial score (nSPS) is 15.5. The fourth-order valence-corrected chi connectivity index (χ4v) is 2.69. The lowest BCUT2D eigenvalue weighted by atomic mass is 10.0. The van der Waals surface area contributed by atoms with Gasteiger partial charge in [0.05, 0.1) is 12.2 Å². The van der Waals surface area contributed by atoms with E-state index in [1.165, 1.54) is 0 Å². The van der Waals surface area contributed by atoms with E-state index in [9.17, 15) is 4.79 Å². The van der Waals surface area contributed by atoms with Crippen LogP contribution in [0.25, 0.3) is 0 Å². The van der Waals surface area contributed by atoms with E-state index in [-0.39, 0.29) is 11.9 Å². The summed E-state index contributed by atoms with van der Waals surface area (Å²) in [5, 5.41) is 7.73. The van der Waals surface area contributed by atoms with Crippen molar-refractivity contribution in [1.82, 2.24) is 20.1 Å². The van der Waals surface area contributed by atoms with Crippen LogP contribution in [0.5, 0.6) is 0 Å². The molecule has 0 bridgehead atoms. The van der Waals surface area contributed by atoms with Gasteiger partial charge in [0.1, 0.15) is 5.15 Å². The van der Waals surface area contributed by atoms with Gasteiger partial charge in [0, 0.05) is 25.9 Å². The molecule has 1 saturated carbocycles. The molecule has 1 N–H and O–H groups in total. The Morgan fingerprint density at radius 3 is 2.86 bits per heavy atom. The van der Waals surface area contributed by atoms with E-state index in [4.69, 9.17) is 11.6 Å². The maximum Gasteiger partial charge on any atom is 0.220 e. The van der Waals surface area contributed by atoms with Gasteiger partial charge in [-0.15, -0.1) is 0 Å². The summed E-state index contributed by atoms with van der Waals surface area (Å²) in [4.78, 5) is 16.3. The third-order valence-electron chi connectivity index (χ3n) is 3.92. The van der Waals surface area contributed by atoms with Crippen LogP contribution in [0.2, 0.25) is 5.15 Å². The van der Waals surface area contributed by atoms with E-state index in [1.807, 2.05) is 19.3 Å². The summed E-state index contributed by atoms with van der Waals surface area (Å²) in [5.41, 5.74) is 2.11. The molecule has 116 valence electrons. The van der Waals surface area contributed by atoms with E-state index in [0.29, 0.717) is 23.9 Å². The Kier molecular flexibility index (Phi) is 4.43. The van der Waals surface area contributed by atoms with Crippen LogP contribution in [0.3, 0.4) is 0 Å². The summed E-state index contributed by atoms with van der Waals surface area (Å²) in [6.45, 7) is 0. The summed E-state index contributed by atoms with van der Waals surface area (Å²) in [6, 6.07) is 3.76. The number of halogens is 1. The van der Waals surface area contributed by atoms with Crippen LogP contribution in [-0.4, -0.2) is 20.7 Å². The first kappa shape index (κ1) is 15.0. The number of nitrogens with one attached hydrogen (secondary N) is 1. The maximum absolute atomic E-state index is 12.2. The van der Waals surface area contributed by atoms with Gasteiger partial charge < -0.3 is 5.32 Å². The molecule has 6 heteroatoms. The lowest BCUT2D eigenvalue weighted by Gasteiger charge is -2.18. The molecule has 0 spiro atoms. The number of hydrogen-bond donors (Lipinski definition) is 1. The molecule has 1 amide bonds. The number of aromatic nitrogens is 3. The second-order valence-electron chi connectivity index (χ2n) is 5.82. The predicted octanol–water partition coefficient (Wildman–Crippen LogP) is 2.67. The zero-order chi connectivity index (χ0) is 15.5. The Balaban J connectivity index is 1.59. The number of carbonyl (C=O) groups excluding carboxylic acids is 1. The summed E-state index contributed by atoms with van der Waals surface area (Å²) < 4.78 is 1.75. The van der Waals surface area contributed by atoms with Crippen molar-refractivity contribution in [3.8, 4) is 0 Å². The quantitative estimate of drug-likeness (QED) is 0.833. The van der Waals surface area contributed by atoms with Gasteiger partial charge in [-0.25, -0.2) is 4.98 Å². The molecule has 1 aliphatic rings. The highest BCUT2D eigenvalue weighted by Crippen LogP contribution is 2.41. The van der Waals surface area contributed by atoms with Crippen molar-refractivity contribution >= 4 is 17.5 Å². The van der Waals surface area contributed by atoms with Crippen LogP contribution in [0.15, 0.2) is 30.7 Å². The Morgan fingerprint density at radius 1 is 1.45 bits per heavy atom. The number of amides is 1. The van der Waals surface area contributed by atoms with Crippen molar-refractivity contribution in [2.24, 2.45) is 13.0 Å². The number of carbonyl (C=O) groups is 1. The van der Waals surface area contributed by atoms with Crippen molar-refractivity contribution in [2.45, 2.75) is 31.7 Å². The molecular weight excluding hydrogens is 300 g/mol. The van der Waals surface area contributed by atoms with Crippen LogP contribution >= 0.6 is 11.6 Å². The Bertz CT molecular complexity index is 648. The Hall–Kier alpha value is -1.88. The molecule has 0 aliphatic heterocycles. The minimum absolute atomic E-state index is 0.0474. The molecule has 0 radical (unpaired) electrons. The zero-order valence-electron chi connectivity index (χ0n) is 12.5. The molecule has 2 heterocycles. The number of hydrogen-bond acceptors (Lipinski definition) is 3. The lowest BCUT2D eigenvalue weighted by Crippen LogP contribution is -2.30. The van der Waals surface area contributed by atoms with E-state index in [1.54, 1.807) is 23.1 Å².